The minimum atomic E-state index is 0. The van der Waals surface area contributed by atoms with Crippen molar-refractivity contribution >= 4 is 23.5 Å². The number of thiol groups is 1. The molecule has 1 aromatic carbocycles. The van der Waals surface area contributed by atoms with Gasteiger partial charge < -0.3 is 20.4 Å². The summed E-state index contributed by atoms with van der Waals surface area (Å²) in [7, 11) is 1.51. The van der Waals surface area contributed by atoms with E-state index in [0.717, 1.165) is 11.4 Å². The largest absolute Gasteiger partial charge is 2.00 e. The molecule has 0 radical (unpaired) electrons. The van der Waals surface area contributed by atoms with E-state index in [-0.39, 0.29) is 27.4 Å². The molecule has 9 heteroatoms. The number of nitrogens with zero attached hydrogens (tertiary/aromatic N) is 4. The molecule has 2 heterocycles. The first-order chi connectivity index (χ1) is 13.1. The summed E-state index contributed by atoms with van der Waals surface area (Å²) in [6.07, 6.45) is 4.96. The maximum absolute atomic E-state index is 7.72. The van der Waals surface area contributed by atoms with Crippen LogP contribution in [0.3, 0.4) is 0 Å². The van der Waals surface area contributed by atoms with Crippen molar-refractivity contribution in [2.75, 3.05) is 7.11 Å². The summed E-state index contributed by atoms with van der Waals surface area (Å²) in [6.45, 7) is 0. The van der Waals surface area contributed by atoms with Gasteiger partial charge in [-0.25, -0.2) is 0 Å². The number of aromatic nitrogens is 2. The van der Waals surface area contributed by atoms with E-state index < -0.39 is 0 Å². The van der Waals surface area contributed by atoms with Gasteiger partial charge in [0.25, 0.3) is 0 Å². The summed E-state index contributed by atoms with van der Waals surface area (Å²) in [6, 6.07) is 16.8. The summed E-state index contributed by atoms with van der Waals surface area (Å²) in [5, 5.41) is 11.5. The Morgan fingerprint density at radius 1 is 1.07 bits per heavy atom. The minimum absolute atomic E-state index is 0. The molecule has 3 rings (SSSR count). The number of ether oxygens (including phenoxy) is 1. The van der Waals surface area contributed by atoms with E-state index >= 15 is 0 Å². The maximum Gasteiger partial charge on any atom is 2.00 e. The molecule has 2 aromatic heterocycles. The van der Waals surface area contributed by atoms with Crippen LogP contribution in [-0.2, 0) is 28.7 Å². The molecule has 0 aliphatic carbocycles. The molecule has 0 saturated carbocycles. The van der Waals surface area contributed by atoms with Crippen molar-refractivity contribution in [1.82, 2.24) is 9.97 Å². The number of hydrogen-bond acceptors (Lipinski definition) is 4. The second-order valence-electron chi connectivity index (χ2n) is 5.06. The second-order valence-corrected chi connectivity index (χ2v) is 5.52. The number of hydrogen-bond donors (Lipinski definition) is 1. The third-order valence-corrected chi connectivity index (χ3v) is 3.32. The van der Waals surface area contributed by atoms with Gasteiger partial charge >= 0.3 is 22.2 Å². The molecule has 0 amide bonds. The Bertz CT molecular complexity index is 858. The van der Waals surface area contributed by atoms with Crippen molar-refractivity contribution in [1.29, 1.82) is 0 Å². The Labute approximate surface area is 178 Å². The molecule has 0 saturated heterocycles. The van der Waals surface area contributed by atoms with Crippen LogP contribution in [0.25, 0.3) is 16.8 Å². The molecule has 3 aromatic rings. The summed E-state index contributed by atoms with van der Waals surface area (Å²) in [5.74, 6) is 0.749. The van der Waals surface area contributed by atoms with Gasteiger partial charge in [-0.15, -0.1) is 0 Å². The molecule has 7 nitrogen and oxygen atoms in total. The molecule has 0 unspecified atom stereocenters. The van der Waals surface area contributed by atoms with E-state index in [2.05, 4.69) is 32.7 Å². The number of benzene rings is 1. The van der Waals surface area contributed by atoms with Gasteiger partial charge in [0.2, 0.25) is 5.75 Å². The van der Waals surface area contributed by atoms with Crippen molar-refractivity contribution in [3.63, 3.8) is 0 Å². The van der Waals surface area contributed by atoms with E-state index in [9.17, 15) is 0 Å². The number of para-hydroxylation sites is 1. The third-order valence-electron chi connectivity index (χ3n) is 3.23. The molecule has 0 aliphatic rings. The molecular weight excluding hydrogens is 421 g/mol. The van der Waals surface area contributed by atoms with Gasteiger partial charge in [0.1, 0.15) is 0 Å². The third kappa shape index (κ3) is 7.40. The number of nitrogens with two attached hydrogens (primary N) is 1. The first kappa shape index (κ1) is 23.2. The summed E-state index contributed by atoms with van der Waals surface area (Å²) in [5.41, 5.74) is 11.1. The zero-order valence-corrected chi connectivity index (χ0v) is 16.8. The van der Waals surface area contributed by atoms with Gasteiger partial charge in [-0.3, -0.25) is 15.7 Å². The predicted octanol–water partition coefficient (Wildman–Crippen LogP) is 2.31. The van der Waals surface area contributed by atoms with Crippen LogP contribution in [0.5, 0.6) is 11.5 Å². The van der Waals surface area contributed by atoms with E-state index in [1.807, 2.05) is 36.4 Å². The normalized spacial score (nSPS) is 9.64. The van der Waals surface area contributed by atoms with Crippen LogP contribution >= 0.6 is 0 Å². The molecule has 0 aliphatic heterocycles. The molecule has 0 spiro atoms. The zero-order chi connectivity index (χ0) is 19.5. The fourth-order valence-corrected chi connectivity index (χ4v) is 2.06. The Morgan fingerprint density at radius 3 is 2.14 bits per heavy atom. The average molecular weight is 441 g/mol. The van der Waals surface area contributed by atoms with Crippen molar-refractivity contribution in [3.05, 3.63) is 78.0 Å². The summed E-state index contributed by atoms with van der Waals surface area (Å²) < 4.78 is 4.99. The molecule has 0 bridgehead atoms. The Morgan fingerprint density at radius 2 is 1.68 bits per heavy atom. The maximum atomic E-state index is 7.72. The van der Waals surface area contributed by atoms with Crippen molar-refractivity contribution < 1.29 is 26.3 Å². The fourth-order valence-electron chi connectivity index (χ4n) is 2.00. The van der Waals surface area contributed by atoms with Crippen LogP contribution in [0, 0.1) is 0 Å². The molecule has 0 atom stereocenters. The van der Waals surface area contributed by atoms with E-state index in [1.165, 1.54) is 13.3 Å². The minimum Gasteiger partial charge on any atom is -0.590 e. The first-order valence-electron chi connectivity index (χ1n) is 7.88. The average Bonchev–Trinajstić information content (AvgIpc) is 2.71. The molecule has 146 valence electrons. The van der Waals surface area contributed by atoms with Gasteiger partial charge in [-0.1, -0.05) is 18.2 Å². The Hall–Kier alpha value is -2.87. The van der Waals surface area contributed by atoms with Crippen LogP contribution in [0.2, 0.25) is 0 Å². The van der Waals surface area contributed by atoms with Gasteiger partial charge in [-0.2, -0.15) is 0 Å². The molecule has 28 heavy (non-hydrogen) atoms. The van der Waals surface area contributed by atoms with E-state index in [1.54, 1.807) is 30.6 Å². The summed E-state index contributed by atoms with van der Waals surface area (Å²) in [4.78, 5) is 8.37. The number of pyridine rings is 2. The monoisotopic (exact) mass is 440 g/mol. The molecule has 0 fully saturated rings. The standard InChI is InChI=1S/C10H8N2.C9H11N3O2S.Ni/c1-3-7-11-9(5-1)10-6-2-4-8-12-10;1-14-7-4-2-3-6(8(7)13)5-11-12-9(10)15;/h1-8H;2-5H,1H3,(H4,10,11,12,13,15);/q;;+2/p+1. The van der Waals surface area contributed by atoms with Crippen LogP contribution in [-0.4, -0.2) is 33.5 Å². The second kappa shape index (κ2) is 12.5. The van der Waals surface area contributed by atoms with Gasteiger partial charge in [0, 0.05) is 18.6 Å². The Balaban J connectivity index is 0.000000275. The van der Waals surface area contributed by atoms with E-state index in [0.29, 0.717) is 11.3 Å². The van der Waals surface area contributed by atoms with Crippen LogP contribution in [0.1, 0.15) is 5.56 Å². The number of rotatable bonds is 4. The SMILES string of the molecule is COc1cccc(C=N[N-]C(N)=[SH+])c1[OH2+].[Ni+2].c1ccc(-c2ccccn2)nc1. The van der Waals surface area contributed by atoms with Crippen LogP contribution in [0.4, 0.5) is 0 Å². The quantitative estimate of drug-likeness (QED) is 0.167. The number of methoxy groups -OCH3 is 1. The van der Waals surface area contributed by atoms with Crippen molar-refractivity contribution in [2.24, 2.45) is 10.8 Å². The molecular formula is C19H20N5NiO2S+3. The van der Waals surface area contributed by atoms with Crippen molar-refractivity contribution in [3.8, 4) is 22.9 Å². The topological polar surface area (TPSA) is 110 Å². The van der Waals surface area contributed by atoms with Crippen molar-refractivity contribution in [2.45, 2.75) is 0 Å². The van der Waals surface area contributed by atoms with Crippen LogP contribution in [0.15, 0.2) is 72.1 Å². The molecule has 4 N–H and O–H groups in total. The van der Waals surface area contributed by atoms with Gasteiger partial charge in [0.05, 0.1) is 24.1 Å². The Kier molecular flexibility index (Phi) is 10.4. The van der Waals surface area contributed by atoms with Gasteiger partial charge in [0.15, 0.2) is 17.3 Å². The predicted molar refractivity (Wildman–Crippen MR) is 112 cm³/mol. The van der Waals surface area contributed by atoms with E-state index in [4.69, 9.17) is 15.6 Å². The summed E-state index contributed by atoms with van der Waals surface area (Å²) >= 11 is 3.75. The fraction of sp³-hybridized carbons (Fsp3) is 0.0526. The smallest absolute Gasteiger partial charge is 0.590 e. The zero-order valence-electron chi connectivity index (χ0n) is 15.0. The van der Waals surface area contributed by atoms with Crippen LogP contribution < -0.4 is 10.5 Å². The van der Waals surface area contributed by atoms with Gasteiger partial charge in [-0.05, 0) is 36.4 Å². The first-order valence-corrected chi connectivity index (χ1v) is 8.33.